The average molecular weight is 681 g/mol. The number of hydrogen-bond donors (Lipinski definition) is 2. The standard InChI is InChI=1S/C38H44N6O6/c1-24(45)43-16-14-28(22-43)34(47)44(21-27-10-7-6-9-26(27)20-42(5)36(49)50-37(2,3)4)23-32(46)40-30-13-12-25-18-38(19-29(25)17-30)31-11-8-15-39-33(31)41-35(38)48/h6-13,15,17,28H,14,16,18-23H2,1-5H3,(H,40,46)(H,39,41,48). The summed E-state index contributed by atoms with van der Waals surface area (Å²) in [6.07, 6.45) is 2.74. The van der Waals surface area contributed by atoms with Gasteiger partial charge in [0.15, 0.2) is 0 Å². The second-order valence-electron chi connectivity index (χ2n) is 14.6. The molecule has 50 heavy (non-hydrogen) atoms. The third kappa shape index (κ3) is 7.19. The minimum absolute atomic E-state index is 0.0741. The molecule has 2 aliphatic heterocycles. The van der Waals surface area contributed by atoms with Crippen LogP contribution in [0, 0.1) is 5.92 Å². The lowest BCUT2D eigenvalue weighted by molar-refractivity contribution is -0.139. The van der Waals surface area contributed by atoms with Crippen LogP contribution in [-0.2, 0) is 55.3 Å². The fraction of sp³-hybridized carbons (Fsp3) is 0.421. The number of rotatable bonds is 8. The van der Waals surface area contributed by atoms with Crippen LogP contribution >= 0.6 is 0 Å². The Morgan fingerprint density at radius 2 is 1.74 bits per heavy atom. The predicted molar refractivity (Wildman–Crippen MR) is 187 cm³/mol. The van der Waals surface area contributed by atoms with Gasteiger partial charge in [-0.05, 0) is 80.5 Å². The fourth-order valence-electron chi connectivity index (χ4n) is 7.17. The lowest BCUT2D eigenvalue weighted by Gasteiger charge is -2.28. The van der Waals surface area contributed by atoms with Gasteiger partial charge < -0.3 is 30.1 Å². The zero-order chi connectivity index (χ0) is 35.8. The molecule has 6 rings (SSSR count). The Kier molecular flexibility index (Phi) is 9.39. The molecule has 2 unspecified atom stereocenters. The predicted octanol–water partition coefficient (Wildman–Crippen LogP) is 4.27. The first-order chi connectivity index (χ1) is 23.7. The first-order valence-corrected chi connectivity index (χ1v) is 17.0. The summed E-state index contributed by atoms with van der Waals surface area (Å²) in [6.45, 7) is 7.86. The molecule has 1 spiro atoms. The lowest BCUT2D eigenvalue weighted by Crippen LogP contribution is -2.42. The number of benzene rings is 2. The number of fused-ring (bicyclic) bond motifs is 3. The van der Waals surface area contributed by atoms with Gasteiger partial charge in [-0.1, -0.05) is 36.4 Å². The number of aromatic nitrogens is 1. The van der Waals surface area contributed by atoms with Crippen molar-refractivity contribution in [3.8, 4) is 0 Å². The van der Waals surface area contributed by atoms with Gasteiger partial charge in [0.25, 0.3) is 0 Å². The molecule has 0 saturated carbocycles. The third-order valence-corrected chi connectivity index (χ3v) is 9.69. The highest BCUT2D eigenvalue weighted by Gasteiger charge is 2.51. The average Bonchev–Trinajstić information content (AvgIpc) is 3.77. The van der Waals surface area contributed by atoms with Crippen LogP contribution in [0.25, 0.3) is 0 Å². The molecular weight excluding hydrogens is 636 g/mol. The summed E-state index contributed by atoms with van der Waals surface area (Å²) < 4.78 is 5.53. The molecule has 1 saturated heterocycles. The van der Waals surface area contributed by atoms with Crippen LogP contribution in [0.5, 0.6) is 0 Å². The van der Waals surface area contributed by atoms with Crippen molar-refractivity contribution >= 4 is 41.2 Å². The molecule has 0 radical (unpaired) electrons. The van der Waals surface area contributed by atoms with Crippen LogP contribution in [0.1, 0.15) is 61.9 Å². The summed E-state index contributed by atoms with van der Waals surface area (Å²) in [5.74, 6) is -0.591. The maximum atomic E-state index is 14.0. The molecule has 12 nitrogen and oxygen atoms in total. The van der Waals surface area contributed by atoms with Crippen LogP contribution in [0.2, 0.25) is 0 Å². The summed E-state index contributed by atoms with van der Waals surface area (Å²) in [5, 5.41) is 5.89. The van der Waals surface area contributed by atoms with Crippen LogP contribution < -0.4 is 10.6 Å². The molecule has 3 aromatic rings. The smallest absolute Gasteiger partial charge is 0.410 e. The summed E-state index contributed by atoms with van der Waals surface area (Å²) >= 11 is 0. The first kappa shape index (κ1) is 34.6. The van der Waals surface area contributed by atoms with Crippen LogP contribution in [0.4, 0.5) is 16.3 Å². The maximum absolute atomic E-state index is 14.0. The lowest BCUT2D eigenvalue weighted by atomic mass is 9.79. The first-order valence-electron chi connectivity index (χ1n) is 17.0. The highest BCUT2D eigenvalue weighted by molar-refractivity contribution is 6.06. The van der Waals surface area contributed by atoms with Crippen LogP contribution in [0.15, 0.2) is 60.8 Å². The Labute approximate surface area is 292 Å². The second kappa shape index (κ2) is 13.6. The molecule has 262 valence electrons. The van der Waals surface area contributed by atoms with E-state index in [0.717, 1.165) is 27.8 Å². The molecule has 0 bridgehead atoms. The molecule has 1 aliphatic carbocycles. The minimum atomic E-state index is -0.724. The van der Waals surface area contributed by atoms with Crippen LogP contribution in [0.3, 0.4) is 0 Å². The van der Waals surface area contributed by atoms with Gasteiger partial charge in [0.1, 0.15) is 18.0 Å². The van der Waals surface area contributed by atoms with Crippen molar-refractivity contribution in [3.63, 3.8) is 0 Å². The number of carbonyl (C=O) groups excluding carboxylic acids is 5. The number of carbonyl (C=O) groups is 5. The van der Waals surface area contributed by atoms with E-state index in [1.165, 1.54) is 16.7 Å². The van der Waals surface area contributed by atoms with Crippen molar-refractivity contribution in [2.75, 3.05) is 37.3 Å². The Balaban J connectivity index is 1.19. The van der Waals surface area contributed by atoms with Crippen molar-refractivity contribution in [1.29, 1.82) is 0 Å². The molecule has 5 amide bonds. The Hall–Kier alpha value is -5.26. The zero-order valence-corrected chi connectivity index (χ0v) is 29.2. The summed E-state index contributed by atoms with van der Waals surface area (Å²) in [4.78, 5) is 74.6. The highest BCUT2D eigenvalue weighted by Crippen LogP contribution is 2.47. The van der Waals surface area contributed by atoms with E-state index in [-0.39, 0.29) is 43.3 Å². The van der Waals surface area contributed by atoms with Gasteiger partial charge in [-0.3, -0.25) is 19.2 Å². The maximum Gasteiger partial charge on any atom is 0.410 e. The van der Waals surface area contributed by atoms with Crippen molar-refractivity contribution < 1.29 is 28.7 Å². The quantitative estimate of drug-likeness (QED) is 0.362. The largest absolute Gasteiger partial charge is 0.444 e. The fourth-order valence-corrected chi connectivity index (χ4v) is 7.17. The number of ether oxygens (including phenoxy) is 1. The minimum Gasteiger partial charge on any atom is -0.444 e. The molecule has 2 N–H and O–H groups in total. The van der Waals surface area contributed by atoms with Crippen molar-refractivity contribution in [1.82, 2.24) is 19.7 Å². The molecule has 2 atom stereocenters. The zero-order valence-electron chi connectivity index (χ0n) is 29.2. The Morgan fingerprint density at radius 1 is 1.02 bits per heavy atom. The molecule has 1 fully saturated rings. The van der Waals surface area contributed by atoms with E-state index in [1.54, 1.807) is 18.1 Å². The summed E-state index contributed by atoms with van der Waals surface area (Å²) in [5.41, 5.74) is 3.70. The van der Waals surface area contributed by atoms with E-state index < -0.39 is 23.0 Å². The summed E-state index contributed by atoms with van der Waals surface area (Å²) in [6, 6.07) is 16.9. The van der Waals surface area contributed by atoms with Gasteiger partial charge in [-0.15, -0.1) is 0 Å². The highest BCUT2D eigenvalue weighted by atomic mass is 16.6. The monoisotopic (exact) mass is 680 g/mol. The van der Waals surface area contributed by atoms with Crippen molar-refractivity contribution in [3.05, 3.63) is 88.6 Å². The van der Waals surface area contributed by atoms with E-state index >= 15 is 0 Å². The second-order valence-corrected chi connectivity index (χ2v) is 14.6. The number of anilines is 2. The van der Waals surface area contributed by atoms with E-state index in [0.29, 0.717) is 43.9 Å². The molecular formula is C38H44N6O6. The summed E-state index contributed by atoms with van der Waals surface area (Å²) in [7, 11) is 1.66. The topological polar surface area (TPSA) is 141 Å². The number of likely N-dealkylation sites (tertiary alicyclic amines) is 1. The van der Waals surface area contributed by atoms with E-state index in [9.17, 15) is 24.0 Å². The SMILES string of the molecule is CC(=O)N1CCC(C(=O)N(CC(=O)Nc2ccc3c(c2)CC2(C3)C(=O)Nc3ncccc32)Cc2ccccc2CN(C)C(=O)OC(C)(C)C)C1. The van der Waals surface area contributed by atoms with Gasteiger partial charge in [-0.25, -0.2) is 9.78 Å². The number of pyridine rings is 1. The number of hydrogen-bond acceptors (Lipinski definition) is 7. The van der Waals surface area contributed by atoms with Crippen molar-refractivity contribution in [2.45, 2.75) is 71.1 Å². The van der Waals surface area contributed by atoms with E-state index in [2.05, 4.69) is 15.6 Å². The number of amides is 5. The molecule has 3 aliphatic rings. The third-order valence-electron chi connectivity index (χ3n) is 9.69. The molecule has 12 heteroatoms. The van der Waals surface area contributed by atoms with E-state index in [4.69, 9.17) is 4.74 Å². The van der Waals surface area contributed by atoms with Gasteiger partial charge in [-0.2, -0.15) is 0 Å². The van der Waals surface area contributed by atoms with Gasteiger partial charge in [0, 0.05) is 57.6 Å². The van der Waals surface area contributed by atoms with Gasteiger partial charge in [0.05, 0.1) is 11.3 Å². The molecule has 2 aromatic carbocycles. The van der Waals surface area contributed by atoms with Crippen molar-refractivity contribution in [2.24, 2.45) is 5.92 Å². The van der Waals surface area contributed by atoms with Gasteiger partial charge >= 0.3 is 6.09 Å². The molecule has 1 aromatic heterocycles. The normalized spacial score (nSPS) is 19.1. The number of nitrogens with zero attached hydrogens (tertiary/aromatic N) is 4. The number of nitrogens with one attached hydrogen (secondary N) is 2. The van der Waals surface area contributed by atoms with Crippen LogP contribution in [-0.4, -0.2) is 81.7 Å². The molecule has 3 heterocycles. The van der Waals surface area contributed by atoms with Gasteiger partial charge in [0.2, 0.25) is 23.6 Å². The van der Waals surface area contributed by atoms with E-state index in [1.807, 2.05) is 75.4 Å². The Morgan fingerprint density at radius 3 is 2.44 bits per heavy atom. The Bertz CT molecular complexity index is 1850.